The molecule has 1 aromatic carbocycles. The fourth-order valence-electron chi connectivity index (χ4n) is 3.13. The van der Waals surface area contributed by atoms with Gasteiger partial charge in [-0.15, -0.1) is 0 Å². The molecule has 0 N–H and O–H groups in total. The van der Waals surface area contributed by atoms with Crippen molar-refractivity contribution in [2.45, 2.75) is 32.2 Å². The highest BCUT2D eigenvalue weighted by molar-refractivity contribution is 9.11. The minimum Gasteiger partial charge on any atom is -0.323 e. The van der Waals surface area contributed by atoms with E-state index in [4.69, 9.17) is 4.98 Å². The summed E-state index contributed by atoms with van der Waals surface area (Å²) >= 11 is 3.49. The summed E-state index contributed by atoms with van der Waals surface area (Å²) < 4.78 is 3.28. The van der Waals surface area contributed by atoms with Crippen LogP contribution in [-0.2, 0) is 13.0 Å². The summed E-state index contributed by atoms with van der Waals surface area (Å²) in [6, 6.07) is 8.36. The van der Waals surface area contributed by atoms with Crippen molar-refractivity contribution in [1.82, 2.24) is 14.5 Å². The zero-order valence-corrected chi connectivity index (χ0v) is 14.0. The zero-order valence-electron chi connectivity index (χ0n) is 12.4. The monoisotopic (exact) mass is 347 g/mol. The molecule has 1 aromatic heterocycles. The second-order valence-corrected chi connectivity index (χ2v) is 6.89. The molecule has 0 aliphatic carbocycles. The zero-order chi connectivity index (χ0) is 14.7. The first-order valence-corrected chi connectivity index (χ1v) is 8.53. The molecule has 1 aliphatic rings. The van der Waals surface area contributed by atoms with Crippen molar-refractivity contribution < 1.29 is 0 Å². The summed E-state index contributed by atoms with van der Waals surface area (Å²) in [5.74, 6) is 1.18. The molecule has 0 atom stereocenters. The van der Waals surface area contributed by atoms with Gasteiger partial charge in [0.1, 0.15) is 5.82 Å². The Bertz CT molecular complexity index is 626. The first-order chi connectivity index (χ1) is 10.2. The van der Waals surface area contributed by atoms with Crippen LogP contribution in [0.3, 0.4) is 0 Å². The van der Waals surface area contributed by atoms with Gasteiger partial charge in [-0.3, -0.25) is 0 Å². The molecule has 2 aromatic rings. The van der Waals surface area contributed by atoms with Crippen LogP contribution in [0.2, 0.25) is 0 Å². The Hall–Kier alpha value is -1.13. The van der Waals surface area contributed by atoms with Gasteiger partial charge in [0.15, 0.2) is 0 Å². The second kappa shape index (κ2) is 6.75. The Morgan fingerprint density at radius 2 is 2.00 bits per heavy atom. The van der Waals surface area contributed by atoms with E-state index in [0.717, 1.165) is 23.0 Å². The molecule has 112 valence electrons. The van der Waals surface area contributed by atoms with Crippen LogP contribution in [0, 0.1) is 0 Å². The first kappa shape index (κ1) is 14.8. The Kier molecular flexibility index (Phi) is 4.76. The quantitative estimate of drug-likeness (QED) is 0.788. The number of aryl methyl sites for hydroxylation is 1. The molecule has 1 fully saturated rings. The van der Waals surface area contributed by atoms with Crippen molar-refractivity contribution in [2.24, 2.45) is 0 Å². The Morgan fingerprint density at radius 1 is 1.24 bits per heavy atom. The van der Waals surface area contributed by atoms with Crippen LogP contribution in [0.1, 0.15) is 25.1 Å². The molecule has 0 bridgehead atoms. The lowest BCUT2D eigenvalue weighted by molar-refractivity contribution is 0.332. The normalized spacial score (nSPS) is 15.9. The minimum atomic E-state index is 0.791. The summed E-state index contributed by atoms with van der Waals surface area (Å²) in [7, 11) is 0. The molecule has 21 heavy (non-hydrogen) atoms. The molecule has 0 unspecified atom stereocenters. The molecule has 0 amide bonds. The topological polar surface area (TPSA) is 21.1 Å². The first-order valence-electron chi connectivity index (χ1n) is 7.74. The lowest BCUT2D eigenvalue weighted by atomic mass is 10.2. The molecule has 1 aliphatic heterocycles. The molecule has 0 spiro atoms. The van der Waals surface area contributed by atoms with E-state index < -0.39 is 0 Å². The molecular weight excluding hydrogens is 326 g/mol. The predicted octanol–water partition coefficient (Wildman–Crippen LogP) is 3.97. The molecule has 0 radical (unpaired) electrons. The number of rotatable bonds is 6. The van der Waals surface area contributed by atoms with Crippen molar-refractivity contribution in [3.8, 4) is 0 Å². The number of benzene rings is 1. The number of fused-ring (bicyclic) bond motifs is 1. The fraction of sp³-hybridized carbons (Fsp3) is 0.471. The van der Waals surface area contributed by atoms with E-state index in [1.165, 1.54) is 50.2 Å². The molecule has 3 nitrogen and oxygen atoms in total. The van der Waals surface area contributed by atoms with Crippen molar-refractivity contribution in [3.05, 3.63) is 41.2 Å². The summed E-state index contributed by atoms with van der Waals surface area (Å²) in [4.78, 5) is 7.38. The van der Waals surface area contributed by atoms with Gasteiger partial charge in [-0.25, -0.2) is 4.98 Å². The SMILES string of the molecule is C=C(Br)Cn1c(CCCN2CCCC2)nc2ccccc21. The highest BCUT2D eigenvalue weighted by Gasteiger charge is 2.13. The maximum atomic E-state index is 4.81. The standard InChI is InChI=1S/C17H22BrN3/c1-14(18)13-21-16-8-3-2-7-15(16)19-17(21)9-6-12-20-10-4-5-11-20/h2-3,7-8H,1,4-6,9-13H2. The number of halogens is 1. The van der Waals surface area contributed by atoms with Crippen LogP contribution < -0.4 is 0 Å². The Balaban J connectivity index is 1.74. The van der Waals surface area contributed by atoms with Crippen LogP contribution >= 0.6 is 15.9 Å². The van der Waals surface area contributed by atoms with Gasteiger partial charge in [-0.1, -0.05) is 34.6 Å². The third kappa shape index (κ3) is 3.55. The van der Waals surface area contributed by atoms with Crippen LogP contribution in [0.15, 0.2) is 35.3 Å². The average Bonchev–Trinajstić information content (AvgIpc) is 3.08. The van der Waals surface area contributed by atoms with E-state index in [-0.39, 0.29) is 0 Å². The van der Waals surface area contributed by atoms with Gasteiger partial charge < -0.3 is 9.47 Å². The van der Waals surface area contributed by atoms with Crippen LogP contribution in [0.5, 0.6) is 0 Å². The van der Waals surface area contributed by atoms with Crippen LogP contribution in [-0.4, -0.2) is 34.1 Å². The van der Waals surface area contributed by atoms with Gasteiger partial charge in [-0.05, 0) is 51.0 Å². The largest absolute Gasteiger partial charge is 0.323 e. The van der Waals surface area contributed by atoms with Crippen molar-refractivity contribution in [3.63, 3.8) is 0 Å². The average molecular weight is 348 g/mol. The van der Waals surface area contributed by atoms with Gasteiger partial charge in [-0.2, -0.15) is 0 Å². The third-order valence-corrected chi connectivity index (χ3v) is 4.39. The van der Waals surface area contributed by atoms with E-state index in [1.807, 2.05) is 0 Å². The van der Waals surface area contributed by atoms with Crippen LogP contribution in [0.25, 0.3) is 11.0 Å². The third-order valence-electron chi connectivity index (χ3n) is 4.14. The number of aromatic nitrogens is 2. The maximum absolute atomic E-state index is 4.81. The molecule has 1 saturated heterocycles. The number of hydrogen-bond acceptors (Lipinski definition) is 2. The molecule has 3 rings (SSSR count). The maximum Gasteiger partial charge on any atom is 0.110 e. The number of nitrogens with zero attached hydrogens (tertiary/aromatic N) is 3. The van der Waals surface area contributed by atoms with Crippen LogP contribution in [0.4, 0.5) is 0 Å². The number of imidazole rings is 1. The summed E-state index contributed by atoms with van der Waals surface area (Å²) in [5, 5.41) is 0. The van der Waals surface area contributed by atoms with E-state index in [1.54, 1.807) is 0 Å². The number of likely N-dealkylation sites (tertiary alicyclic amines) is 1. The van der Waals surface area contributed by atoms with Crippen molar-refractivity contribution >= 4 is 27.0 Å². The smallest absolute Gasteiger partial charge is 0.110 e. The van der Waals surface area contributed by atoms with Gasteiger partial charge >= 0.3 is 0 Å². The number of allylic oxidation sites excluding steroid dienone is 1. The number of para-hydroxylation sites is 2. The second-order valence-electron chi connectivity index (χ2n) is 5.77. The highest BCUT2D eigenvalue weighted by Crippen LogP contribution is 2.20. The molecular formula is C17H22BrN3. The molecule has 0 saturated carbocycles. The van der Waals surface area contributed by atoms with Gasteiger partial charge in [0.2, 0.25) is 0 Å². The molecule has 4 heteroatoms. The summed E-state index contributed by atoms with van der Waals surface area (Å²) in [6.07, 6.45) is 4.94. The lowest BCUT2D eigenvalue weighted by Gasteiger charge is -2.14. The predicted molar refractivity (Wildman–Crippen MR) is 91.8 cm³/mol. The van der Waals surface area contributed by atoms with Gasteiger partial charge in [0.05, 0.1) is 17.6 Å². The lowest BCUT2D eigenvalue weighted by Crippen LogP contribution is -2.21. The van der Waals surface area contributed by atoms with E-state index in [2.05, 4.69) is 56.2 Å². The van der Waals surface area contributed by atoms with Gasteiger partial charge in [0.25, 0.3) is 0 Å². The van der Waals surface area contributed by atoms with E-state index in [9.17, 15) is 0 Å². The molecule has 2 heterocycles. The number of hydrogen-bond donors (Lipinski definition) is 0. The van der Waals surface area contributed by atoms with E-state index in [0.29, 0.717) is 0 Å². The Morgan fingerprint density at radius 3 is 2.76 bits per heavy atom. The van der Waals surface area contributed by atoms with Crippen molar-refractivity contribution in [1.29, 1.82) is 0 Å². The minimum absolute atomic E-state index is 0.791. The summed E-state index contributed by atoms with van der Waals surface area (Å²) in [6.45, 7) is 8.51. The fourth-order valence-corrected chi connectivity index (χ4v) is 3.38. The Labute approximate surface area is 134 Å². The van der Waals surface area contributed by atoms with E-state index >= 15 is 0 Å². The highest BCUT2D eigenvalue weighted by atomic mass is 79.9. The van der Waals surface area contributed by atoms with Gasteiger partial charge in [0, 0.05) is 10.9 Å². The summed E-state index contributed by atoms with van der Waals surface area (Å²) in [5.41, 5.74) is 2.29. The van der Waals surface area contributed by atoms with Crippen molar-refractivity contribution in [2.75, 3.05) is 19.6 Å².